The minimum Gasteiger partial charge on any atom is -0.478 e. The number of benzene rings is 1. The van der Waals surface area contributed by atoms with E-state index in [1.54, 1.807) is 6.08 Å². The number of para-hydroxylation sites is 1. The smallest absolute Gasteiger partial charge is 0.328 e. The average Bonchev–Trinajstić information content (AvgIpc) is 2.29. The molecule has 84 valence electrons. The highest BCUT2D eigenvalue weighted by molar-refractivity contribution is 5.79. The van der Waals surface area contributed by atoms with Crippen molar-refractivity contribution in [2.75, 3.05) is 18.0 Å². The summed E-state index contributed by atoms with van der Waals surface area (Å²) in [5.41, 5.74) is 2.60. The molecule has 0 atom stereocenters. The second kappa shape index (κ2) is 4.84. The molecule has 2 rings (SSSR count). The van der Waals surface area contributed by atoms with Gasteiger partial charge in [0.15, 0.2) is 0 Å². The molecule has 1 heterocycles. The number of carboxylic acid groups (broad SMARTS) is 1. The number of nitrogens with zero attached hydrogens (tertiary/aromatic N) is 1. The van der Waals surface area contributed by atoms with Gasteiger partial charge < -0.3 is 10.0 Å². The highest BCUT2D eigenvalue weighted by atomic mass is 16.4. The summed E-state index contributed by atoms with van der Waals surface area (Å²) in [6, 6.07) is 8.32. The SMILES string of the molecule is O=C(O)/C=C/CN1CCCc2ccccc21. The molecular formula is C13H15NO2. The monoisotopic (exact) mass is 217 g/mol. The van der Waals surface area contributed by atoms with Crippen molar-refractivity contribution in [2.24, 2.45) is 0 Å². The van der Waals surface area contributed by atoms with Crippen LogP contribution in [0.2, 0.25) is 0 Å². The van der Waals surface area contributed by atoms with Crippen molar-refractivity contribution < 1.29 is 9.90 Å². The number of hydrogen-bond donors (Lipinski definition) is 1. The van der Waals surface area contributed by atoms with Gasteiger partial charge in [0.2, 0.25) is 0 Å². The summed E-state index contributed by atoms with van der Waals surface area (Å²) < 4.78 is 0. The molecule has 1 aliphatic heterocycles. The average molecular weight is 217 g/mol. The zero-order valence-electron chi connectivity index (χ0n) is 9.10. The minimum atomic E-state index is -0.884. The minimum absolute atomic E-state index is 0.670. The molecule has 1 aliphatic rings. The van der Waals surface area contributed by atoms with E-state index in [-0.39, 0.29) is 0 Å². The highest BCUT2D eigenvalue weighted by Gasteiger charge is 2.14. The summed E-state index contributed by atoms with van der Waals surface area (Å²) in [7, 11) is 0. The van der Waals surface area contributed by atoms with E-state index >= 15 is 0 Å². The normalized spacial score (nSPS) is 15.1. The molecule has 0 radical (unpaired) electrons. The van der Waals surface area contributed by atoms with Gasteiger partial charge in [0.1, 0.15) is 0 Å². The van der Waals surface area contributed by atoms with Gasteiger partial charge in [0, 0.05) is 24.9 Å². The van der Waals surface area contributed by atoms with E-state index in [0.717, 1.165) is 19.4 Å². The molecule has 0 saturated heterocycles. The van der Waals surface area contributed by atoms with Crippen LogP contribution in [-0.2, 0) is 11.2 Å². The van der Waals surface area contributed by atoms with Crippen molar-refractivity contribution in [2.45, 2.75) is 12.8 Å². The van der Waals surface area contributed by atoms with Crippen LogP contribution in [0.15, 0.2) is 36.4 Å². The first kappa shape index (κ1) is 10.7. The van der Waals surface area contributed by atoms with Crippen LogP contribution in [0, 0.1) is 0 Å². The van der Waals surface area contributed by atoms with Gasteiger partial charge in [-0.3, -0.25) is 0 Å². The van der Waals surface area contributed by atoms with Crippen LogP contribution in [0.3, 0.4) is 0 Å². The van der Waals surface area contributed by atoms with Crippen LogP contribution in [0.1, 0.15) is 12.0 Å². The lowest BCUT2D eigenvalue weighted by molar-refractivity contribution is -0.131. The first-order chi connectivity index (χ1) is 7.77. The first-order valence-corrected chi connectivity index (χ1v) is 5.49. The molecule has 0 amide bonds. The Labute approximate surface area is 95.0 Å². The molecule has 0 aliphatic carbocycles. The number of anilines is 1. The van der Waals surface area contributed by atoms with E-state index < -0.39 is 5.97 Å². The van der Waals surface area contributed by atoms with Crippen molar-refractivity contribution in [3.8, 4) is 0 Å². The second-order valence-corrected chi connectivity index (χ2v) is 3.92. The summed E-state index contributed by atoms with van der Waals surface area (Å²) in [5, 5.41) is 8.53. The van der Waals surface area contributed by atoms with Crippen LogP contribution >= 0.6 is 0 Å². The number of carboxylic acids is 1. The van der Waals surface area contributed by atoms with Gasteiger partial charge in [-0.1, -0.05) is 24.3 Å². The Balaban J connectivity index is 2.10. The van der Waals surface area contributed by atoms with Crippen molar-refractivity contribution in [3.05, 3.63) is 42.0 Å². The maximum atomic E-state index is 10.4. The van der Waals surface area contributed by atoms with Crippen LogP contribution in [0.4, 0.5) is 5.69 Å². The number of carbonyl (C=O) groups is 1. The molecular weight excluding hydrogens is 202 g/mol. The molecule has 3 nitrogen and oxygen atoms in total. The fourth-order valence-electron chi connectivity index (χ4n) is 2.08. The van der Waals surface area contributed by atoms with Crippen LogP contribution in [-0.4, -0.2) is 24.2 Å². The number of aliphatic carboxylic acids is 1. The third kappa shape index (κ3) is 2.42. The Kier molecular flexibility index (Phi) is 3.25. The topological polar surface area (TPSA) is 40.5 Å². The number of fused-ring (bicyclic) bond motifs is 1. The molecule has 0 spiro atoms. The maximum absolute atomic E-state index is 10.4. The van der Waals surface area contributed by atoms with Gasteiger partial charge in [-0.25, -0.2) is 4.79 Å². The fraction of sp³-hybridized carbons (Fsp3) is 0.308. The Bertz CT molecular complexity index is 412. The molecule has 0 unspecified atom stereocenters. The van der Waals surface area contributed by atoms with Crippen LogP contribution in [0.25, 0.3) is 0 Å². The van der Waals surface area contributed by atoms with E-state index in [1.165, 1.54) is 17.3 Å². The largest absolute Gasteiger partial charge is 0.478 e. The number of hydrogen-bond acceptors (Lipinski definition) is 2. The maximum Gasteiger partial charge on any atom is 0.328 e. The predicted octanol–water partition coefficient (Wildman–Crippen LogP) is 2.08. The molecule has 0 saturated carbocycles. The van der Waals surface area contributed by atoms with Crippen LogP contribution < -0.4 is 4.90 Å². The van der Waals surface area contributed by atoms with E-state index in [1.807, 2.05) is 6.07 Å². The molecule has 16 heavy (non-hydrogen) atoms. The lowest BCUT2D eigenvalue weighted by Gasteiger charge is -2.30. The zero-order chi connectivity index (χ0) is 11.4. The molecule has 0 bridgehead atoms. The van der Waals surface area contributed by atoms with Gasteiger partial charge in [-0.15, -0.1) is 0 Å². The van der Waals surface area contributed by atoms with Crippen molar-refractivity contribution in [1.82, 2.24) is 0 Å². The molecule has 3 heteroatoms. The Morgan fingerprint density at radius 2 is 2.25 bits per heavy atom. The molecule has 1 N–H and O–H groups in total. The molecule has 0 aromatic heterocycles. The third-order valence-electron chi connectivity index (χ3n) is 2.79. The van der Waals surface area contributed by atoms with Crippen molar-refractivity contribution in [1.29, 1.82) is 0 Å². The summed E-state index contributed by atoms with van der Waals surface area (Å²) in [6.07, 6.45) is 5.16. The summed E-state index contributed by atoms with van der Waals surface area (Å²) in [5.74, 6) is -0.884. The van der Waals surface area contributed by atoms with Crippen molar-refractivity contribution >= 4 is 11.7 Å². The van der Waals surface area contributed by atoms with Gasteiger partial charge in [-0.2, -0.15) is 0 Å². The Hall–Kier alpha value is -1.77. The van der Waals surface area contributed by atoms with E-state index in [9.17, 15) is 4.79 Å². The quantitative estimate of drug-likeness (QED) is 0.788. The zero-order valence-corrected chi connectivity index (χ0v) is 9.10. The number of aryl methyl sites for hydroxylation is 1. The fourth-order valence-corrected chi connectivity index (χ4v) is 2.08. The Morgan fingerprint density at radius 1 is 1.44 bits per heavy atom. The summed E-state index contributed by atoms with van der Waals surface area (Å²) >= 11 is 0. The second-order valence-electron chi connectivity index (χ2n) is 3.92. The van der Waals surface area contributed by atoms with E-state index in [4.69, 9.17) is 5.11 Å². The molecule has 0 fully saturated rings. The summed E-state index contributed by atoms with van der Waals surface area (Å²) in [6.45, 7) is 1.67. The van der Waals surface area contributed by atoms with Crippen LogP contribution in [0.5, 0.6) is 0 Å². The first-order valence-electron chi connectivity index (χ1n) is 5.49. The van der Waals surface area contributed by atoms with Gasteiger partial charge in [-0.05, 0) is 24.5 Å². The lowest BCUT2D eigenvalue weighted by atomic mass is 10.0. The van der Waals surface area contributed by atoms with Gasteiger partial charge >= 0.3 is 5.97 Å². The summed E-state index contributed by atoms with van der Waals surface area (Å²) in [4.78, 5) is 12.6. The van der Waals surface area contributed by atoms with E-state index in [0.29, 0.717) is 6.54 Å². The van der Waals surface area contributed by atoms with Gasteiger partial charge in [0.25, 0.3) is 0 Å². The molecule has 1 aromatic carbocycles. The highest BCUT2D eigenvalue weighted by Crippen LogP contribution is 2.26. The third-order valence-corrected chi connectivity index (χ3v) is 2.79. The lowest BCUT2D eigenvalue weighted by Crippen LogP contribution is -2.29. The number of rotatable bonds is 3. The molecule has 1 aromatic rings. The van der Waals surface area contributed by atoms with Crippen molar-refractivity contribution in [3.63, 3.8) is 0 Å². The van der Waals surface area contributed by atoms with Gasteiger partial charge in [0.05, 0.1) is 0 Å². The van der Waals surface area contributed by atoms with E-state index in [2.05, 4.69) is 23.1 Å². The Morgan fingerprint density at radius 3 is 3.06 bits per heavy atom. The predicted molar refractivity (Wildman–Crippen MR) is 63.8 cm³/mol. The standard InChI is InChI=1S/C13H15NO2/c15-13(16)8-4-10-14-9-3-6-11-5-1-2-7-12(11)14/h1-2,4-5,7-8H,3,6,9-10H2,(H,15,16)/b8-4+.